The van der Waals surface area contributed by atoms with Crippen molar-refractivity contribution in [3.63, 3.8) is 0 Å². The average Bonchev–Trinajstić information content (AvgIpc) is 3.75. The third-order valence-corrected chi connectivity index (χ3v) is 9.84. The molecule has 1 unspecified atom stereocenters. The molecule has 264 valence electrons. The maximum atomic E-state index is 12.7. The molecular weight excluding hydrogens is 638 g/mol. The summed E-state index contributed by atoms with van der Waals surface area (Å²) in [5.41, 5.74) is 1.59. The Labute approximate surface area is 283 Å². The summed E-state index contributed by atoms with van der Waals surface area (Å²) in [6, 6.07) is 5.96. The molecule has 0 aliphatic carbocycles. The number of ether oxygens (including phenoxy) is 4. The fourth-order valence-corrected chi connectivity index (χ4v) is 6.67. The number of esters is 1. The van der Waals surface area contributed by atoms with Gasteiger partial charge in [-0.3, -0.25) is 14.4 Å². The molecule has 4 rings (SSSR count). The van der Waals surface area contributed by atoms with E-state index in [0.29, 0.717) is 13.0 Å². The van der Waals surface area contributed by atoms with Gasteiger partial charge in [0.25, 0.3) is 0 Å². The lowest BCUT2D eigenvalue weighted by molar-refractivity contribution is -0.143. The second-order valence-corrected chi connectivity index (χ2v) is 14.8. The van der Waals surface area contributed by atoms with Gasteiger partial charge in [0.2, 0.25) is 21.8 Å². The molecule has 3 heterocycles. The minimum Gasteiger partial charge on any atom is -0.459 e. The molecule has 12 nitrogen and oxygen atoms in total. The van der Waals surface area contributed by atoms with Crippen molar-refractivity contribution in [3.8, 4) is 0 Å². The molecule has 3 aliphatic heterocycles. The number of carbonyl (C=O) groups is 3. The Hall–Kier alpha value is -3.36. The lowest BCUT2D eigenvalue weighted by atomic mass is 9.88. The number of epoxide rings is 1. The van der Waals surface area contributed by atoms with Crippen LogP contribution in [-0.2, 0) is 49.9 Å². The molecule has 3 saturated heterocycles. The molecule has 3 fully saturated rings. The van der Waals surface area contributed by atoms with E-state index in [9.17, 15) is 22.8 Å². The highest BCUT2D eigenvalue weighted by atomic mass is 32.2. The zero-order chi connectivity index (χ0) is 35.1. The number of allylic oxidation sites excluding steroid dienone is 2. The second-order valence-electron chi connectivity index (χ2n) is 13.3. The summed E-state index contributed by atoms with van der Waals surface area (Å²) < 4.78 is 46.3. The van der Waals surface area contributed by atoms with Gasteiger partial charge in [0, 0.05) is 32.4 Å². The van der Waals surface area contributed by atoms with Crippen LogP contribution in [0, 0.1) is 5.92 Å². The normalized spacial score (nSPS) is 29.9. The quantitative estimate of drug-likeness (QED) is 0.122. The first kappa shape index (κ1) is 37.5. The smallest absolute Gasteiger partial charge is 0.303 e. The van der Waals surface area contributed by atoms with E-state index in [4.69, 9.17) is 24.1 Å². The number of hydrogen-bond acceptors (Lipinski definition) is 9. The van der Waals surface area contributed by atoms with Crippen molar-refractivity contribution in [2.75, 3.05) is 6.61 Å². The van der Waals surface area contributed by atoms with Crippen molar-refractivity contribution in [3.05, 3.63) is 65.8 Å². The van der Waals surface area contributed by atoms with Gasteiger partial charge < -0.3 is 29.6 Å². The molecule has 48 heavy (non-hydrogen) atoms. The van der Waals surface area contributed by atoms with Gasteiger partial charge in [0.15, 0.2) is 0 Å². The average molecular weight is 688 g/mol. The van der Waals surface area contributed by atoms with Gasteiger partial charge in [0.05, 0.1) is 54.0 Å². The van der Waals surface area contributed by atoms with E-state index in [0.717, 1.165) is 30.4 Å². The van der Waals surface area contributed by atoms with Gasteiger partial charge in [0.1, 0.15) is 6.10 Å². The number of nitrogens with one attached hydrogen (secondary N) is 2. The molecule has 4 N–H and O–H groups in total. The molecule has 1 spiro atoms. The standard InChI is InChI=1S/C35H49N3O9S/c1-22(7-14-32-23(2)16-31(25(4)46-32)38-33(40)15-8-24(3)45-26(5)39)6-11-28-18-35(21-44-35)19-29(47-28)17-34(41)37-20-27-9-12-30(13-10-27)48(36,42)43/h6-13,15,23-25,28-29,31-32H,14,16-21H2,1-5H3,(H,37,41)(H,38,40)(H2,36,42,43)/b11-6+,15-8-,22-7+/t23-,24?,25+,28+,29+,31+,32-,35+/m0/s1. The number of sulfonamides is 1. The van der Waals surface area contributed by atoms with E-state index in [1.807, 2.05) is 26.0 Å². The highest BCUT2D eigenvalue weighted by Gasteiger charge is 2.51. The van der Waals surface area contributed by atoms with E-state index < -0.39 is 22.1 Å². The van der Waals surface area contributed by atoms with Crippen LogP contribution in [0.2, 0.25) is 0 Å². The van der Waals surface area contributed by atoms with Gasteiger partial charge in [-0.2, -0.15) is 0 Å². The fraction of sp³-hybridized carbons (Fsp3) is 0.571. The minimum atomic E-state index is -3.77. The topological polar surface area (TPSA) is 176 Å². The first-order chi connectivity index (χ1) is 22.6. The third kappa shape index (κ3) is 11.7. The van der Waals surface area contributed by atoms with Gasteiger partial charge in [-0.15, -0.1) is 0 Å². The first-order valence-electron chi connectivity index (χ1n) is 16.4. The first-order valence-corrected chi connectivity index (χ1v) is 18.0. The monoisotopic (exact) mass is 687 g/mol. The zero-order valence-corrected chi connectivity index (χ0v) is 29.2. The molecule has 0 aromatic heterocycles. The Morgan fingerprint density at radius 1 is 1.10 bits per heavy atom. The van der Waals surface area contributed by atoms with E-state index in [1.165, 1.54) is 25.1 Å². The molecule has 2 amide bonds. The van der Waals surface area contributed by atoms with Crippen LogP contribution in [0.15, 0.2) is 65.1 Å². The summed E-state index contributed by atoms with van der Waals surface area (Å²) in [6.45, 7) is 10.1. The van der Waals surface area contributed by atoms with Crippen molar-refractivity contribution in [2.45, 2.75) is 120 Å². The summed E-state index contributed by atoms with van der Waals surface area (Å²) in [4.78, 5) is 36.2. The van der Waals surface area contributed by atoms with Gasteiger partial charge >= 0.3 is 5.97 Å². The summed E-state index contributed by atoms with van der Waals surface area (Å²) in [5, 5.41) is 11.0. The maximum Gasteiger partial charge on any atom is 0.303 e. The highest BCUT2D eigenvalue weighted by Crippen LogP contribution is 2.43. The molecule has 8 atom stereocenters. The van der Waals surface area contributed by atoms with E-state index in [2.05, 4.69) is 23.6 Å². The van der Waals surface area contributed by atoms with Crippen LogP contribution in [0.5, 0.6) is 0 Å². The molecule has 0 saturated carbocycles. The third-order valence-electron chi connectivity index (χ3n) is 8.91. The van der Waals surface area contributed by atoms with Crippen molar-refractivity contribution in [2.24, 2.45) is 11.1 Å². The Morgan fingerprint density at radius 3 is 2.46 bits per heavy atom. The van der Waals surface area contributed by atoms with Crippen LogP contribution in [0.1, 0.15) is 72.3 Å². The van der Waals surface area contributed by atoms with Gasteiger partial charge in [-0.1, -0.05) is 42.9 Å². The Balaban J connectivity index is 1.22. The fourth-order valence-electron chi connectivity index (χ4n) is 6.15. The number of rotatable bonds is 13. The number of nitrogens with two attached hydrogens (primary N) is 1. The van der Waals surface area contributed by atoms with Crippen molar-refractivity contribution < 1.29 is 41.7 Å². The van der Waals surface area contributed by atoms with Crippen LogP contribution in [0.25, 0.3) is 0 Å². The lowest BCUT2D eigenvalue weighted by Crippen LogP contribution is -2.50. The second kappa shape index (κ2) is 16.4. The van der Waals surface area contributed by atoms with Crippen LogP contribution in [0.3, 0.4) is 0 Å². The van der Waals surface area contributed by atoms with Gasteiger partial charge in [-0.05, 0) is 63.3 Å². The van der Waals surface area contributed by atoms with Crippen LogP contribution >= 0.6 is 0 Å². The van der Waals surface area contributed by atoms with Crippen LogP contribution < -0.4 is 15.8 Å². The Morgan fingerprint density at radius 2 is 1.81 bits per heavy atom. The SMILES string of the molecule is CC(=O)OC(C)/C=C\C(=O)N[C@@H]1C[C@H](C)[C@H](C/C=C(C)/C=C/[C@@H]2C[C@]3(CO3)C[C@@H](CC(=O)NCc3ccc(S(N)(=O)=O)cc3)O2)O[C@@H]1C. The summed E-state index contributed by atoms with van der Waals surface area (Å²) in [7, 11) is -3.77. The Bertz CT molecular complexity index is 1500. The number of hydrogen-bond donors (Lipinski definition) is 3. The van der Waals surface area contributed by atoms with Gasteiger partial charge in [-0.25, -0.2) is 13.6 Å². The van der Waals surface area contributed by atoms with E-state index in [-0.39, 0.29) is 71.7 Å². The predicted molar refractivity (Wildman–Crippen MR) is 179 cm³/mol. The maximum absolute atomic E-state index is 12.7. The number of amides is 2. The lowest BCUT2D eigenvalue weighted by Gasteiger charge is -2.39. The zero-order valence-electron chi connectivity index (χ0n) is 28.3. The largest absolute Gasteiger partial charge is 0.459 e. The highest BCUT2D eigenvalue weighted by molar-refractivity contribution is 7.89. The van der Waals surface area contributed by atoms with E-state index in [1.54, 1.807) is 25.1 Å². The summed E-state index contributed by atoms with van der Waals surface area (Å²) >= 11 is 0. The predicted octanol–water partition coefficient (Wildman–Crippen LogP) is 3.36. The summed E-state index contributed by atoms with van der Waals surface area (Å²) in [5.74, 6) is -0.577. The summed E-state index contributed by atoms with van der Waals surface area (Å²) in [6.07, 6.45) is 11.2. The van der Waals surface area contributed by atoms with Crippen molar-refractivity contribution in [1.29, 1.82) is 0 Å². The minimum absolute atomic E-state index is 0.0135. The Kier molecular flexibility index (Phi) is 12.8. The molecule has 0 bridgehead atoms. The van der Waals surface area contributed by atoms with Crippen LogP contribution in [0.4, 0.5) is 0 Å². The number of primary sulfonamides is 1. The molecule has 1 aromatic carbocycles. The van der Waals surface area contributed by atoms with Crippen molar-refractivity contribution >= 4 is 27.8 Å². The molecule has 13 heteroatoms. The van der Waals surface area contributed by atoms with Crippen LogP contribution in [-0.4, -0.2) is 75.0 Å². The number of carbonyl (C=O) groups excluding carboxylic acids is 3. The molecule has 0 radical (unpaired) electrons. The van der Waals surface area contributed by atoms with E-state index >= 15 is 0 Å². The molecular formula is C35H49N3O9S. The molecule has 3 aliphatic rings. The van der Waals surface area contributed by atoms with Crippen molar-refractivity contribution in [1.82, 2.24) is 10.6 Å². The number of benzene rings is 1. The molecule has 1 aromatic rings.